The molecule has 0 spiro atoms. The molecule has 3 aromatic carbocycles. The minimum absolute atomic E-state index is 0.114. The average Bonchev–Trinajstić information content (AvgIpc) is 2.97. The number of anilines is 2. The molecule has 0 aromatic heterocycles. The summed E-state index contributed by atoms with van der Waals surface area (Å²) in [5.74, 6) is 0.115. The van der Waals surface area contributed by atoms with E-state index in [1.807, 2.05) is 55.5 Å². The third kappa shape index (κ3) is 5.12. The van der Waals surface area contributed by atoms with Crippen LogP contribution in [0.5, 0.6) is 5.75 Å². The topological polar surface area (TPSA) is 71.0 Å². The summed E-state index contributed by atoms with van der Waals surface area (Å²) < 4.78 is 5.59. The molecule has 0 radical (unpaired) electrons. The summed E-state index contributed by atoms with van der Waals surface area (Å²) in [4.78, 5) is 32.5. The summed E-state index contributed by atoms with van der Waals surface area (Å²) in [6, 6.07) is 22.8. The van der Waals surface area contributed by atoms with Crippen LogP contribution < -0.4 is 15.0 Å². The molecule has 1 N–H and O–H groups in total. The lowest BCUT2D eigenvalue weighted by Crippen LogP contribution is -2.38. The van der Waals surface area contributed by atoms with Crippen LogP contribution in [0.4, 0.5) is 17.1 Å². The monoisotopic (exact) mass is 441 g/mol. The highest BCUT2D eigenvalue weighted by atomic mass is 16.5. The van der Waals surface area contributed by atoms with Crippen LogP contribution in [-0.4, -0.2) is 30.7 Å². The Morgan fingerprint density at radius 1 is 1.00 bits per heavy atom. The number of fused-ring (bicyclic) bond motifs is 1. The van der Waals surface area contributed by atoms with Crippen molar-refractivity contribution in [1.29, 1.82) is 0 Å². The Morgan fingerprint density at radius 3 is 2.48 bits per heavy atom. The second kappa shape index (κ2) is 10.1. The van der Waals surface area contributed by atoms with Crippen molar-refractivity contribution in [2.45, 2.75) is 26.7 Å². The third-order valence-corrected chi connectivity index (χ3v) is 5.51. The van der Waals surface area contributed by atoms with Crippen LogP contribution in [0.1, 0.15) is 31.4 Å². The summed E-state index contributed by atoms with van der Waals surface area (Å²) in [5.41, 5.74) is 4.70. The van der Waals surface area contributed by atoms with Gasteiger partial charge in [-0.1, -0.05) is 55.5 Å². The number of carbonyl (C=O) groups is 2. The van der Waals surface area contributed by atoms with E-state index >= 15 is 0 Å². The molecule has 6 nitrogen and oxygen atoms in total. The Bertz CT molecular complexity index is 1190. The van der Waals surface area contributed by atoms with Crippen LogP contribution in [0.3, 0.4) is 0 Å². The lowest BCUT2D eigenvalue weighted by Gasteiger charge is -2.22. The highest BCUT2D eigenvalue weighted by molar-refractivity contribution is 6.19. The number of ether oxygens (including phenoxy) is 1. The van der Waals surface area contributed by atoms with Crippen LogP contribution in [0.15, 0.2) is 77.8 Å². The number of rotatable bonds is 7. The summed E-state index contributed by atoms with van der Waals surface area (Å²) in [5, 5.41) is 2.87. The number of benzene rings is 3. The molecule has 1 aliphatic rings. The average molecular weight is 442 g/mol. The van der Waals surface area contributed by atoms with Crippen molar-refractivity contribution in [2.24, 2.45) is 4.99 Å². The van der Waals surface area contributed by atoms with E-state index < -0.39 is 0 Å². The number of aliphatic imine (C=N–C) groups is 1. The first-order valence-electron chi connectivity index (χ1n) is 11.2. The number of carbonyl (C=O) groups excluding carboxylic acids is 2. The molecule has 33 heavy (non-hydrogen) atoms. The molecule has 0 aliphatic carbocycles. The van der Waals surface area contributed by atoms with E-state index in [-0.39, 0.29) is 24.8 Å². The van der Waals surface area contributed by atoms with Gasteiger partial charge in [0.1, 0.15) is 12.3 Å². The van der Waals surface area contributed by atoms with Crippen molar-refractivity contribution < 1.29 is 14.3 Å². The fourth-order valence-corrected chi connectivity index (χ4v) is 3.80. The molecule has 2 amide bonds. The zero-order chi connectivity index (χ0) is 23.2. The molecular weight excluding hydrogens is 414 g/mol. The van der Waals surface area contributed by atoms with Crippen LogP contribution in [0.2, 0.25) is 0 Å². The van der Waals surface area contributed by atoms with E-state index in [1.54, 1.807) is 12.1 Å². The van der Waals surface area contributed by atoms with Crippen molar-refractivity contribution in [3.63, 3.8) is 0 Å². The molecule has 3 aromatic rings. The highest BCUT2D eigenvalue weighted by Gasteiger charge is 2.26. The number of hydrogen-bond donors (Lipinski definition) is 1. The van der Waals surface area contributed by atoms with Gasteiger partial charge in [-0.05, 0) is 48.7 Å². The predicted octanol–water partition coefficient (Wildman–Crippen LogP) is 5.14. The predicted molar refractivity (Wildman–Crippen MR) is 132 cm³/mol. The van der Waals surface area contributed by atoms with E-state index in [0.29, 0.717) is 35.1 Å². The van der Waals surface area contributed by atoms with Crippen LogP contribution >= 0.6 is 0 Å². The van der Waals surface area contributed by atoms with E-state index in [4.69, 9.17) is 9.73 Å². The molecule has 1 aliphatic heterocycles. The highest BCUT2D eigenvalue weighted by Crippen LogP contribution is 2.33. The first-order valence-corrected chi connectivity index (χ1v) is 11.2. The Labute approximate surface area is 193 Å². The summed E-state index contributed by atoms with van der Waals surface area (Å²) in [6.07, 6.45) is 1.06. The first kappa shape index (κ1) is 22.3. The molecule has 0 atom stereocenters. The van der Waals surface area contributed by atoms with Gasteiger partial charge in [0, 0.05) is 0 Å². The van der Waals surface area contributed by atoms with Crippen LogP contribution in [0, 0.1) is 0 Å². The van der Waals surface area contributed by atoms with E-state index in [1.165, 1.54) is 10.5 Å². The van der Waals surface area contributed by atoms with E-state index in [0.717, 1.165) is 12.0 Å². The number of amides is 2. The Hall–Kier alpha value is -3.93. The minimum atomic E-state index is -0.305. The zero-order valence-corrected chi connectivity index (χ0v) is 18.9. The maximum atomic E-state index is 13.3. The van der Waals surface area contributed by atoms with Gasteiger partial charge < -0.3 is 15.0 Å². The van der Waals surface area contributed by atoms with Gasteiger partial charge >= 0.3 is 0 Å². The molecule has 0 saturated heterocycles. The van der Waals surface area contributed by atoms with Crippen LogP contribution in [-0.2, 0) is 16.0 Å². The second-order valence-electron chi connectivity index (χ2n) is 7.73. The largest absolute Gasteiger partial charge is 0.492 e. The van der Waals surface area contributed by atoms with Crippen molar-refractivity contribution in [3.05, 3.63) is 83.9 Å². The van der Waals surface area contributed by atoms with Gasteiger partial charge in [0.05, 0.1) is 35.8 Å². The Balaban J connectivity index is 1.58. The number of para-hydroxylation sites is 4. The molecule has 4 rings (SSSR count). The molecule has 6 heteroatoms. The Morgan fingerprint density at radius 2 is 1.73 bits per heavy atom. The molecule has 0 bridgehead atoms. The first-order chi connectivity index (χ1) is 16.1. The fourth-order valence-electron chi connectivity index (χ4n) is 3.80. The zero-order valence-electron chi connectivity index (χ0n) is 18.9. The van der Waals surface area contributed by atoms with Gasteiger partial charge in [-0.2, -0.15) is 0 Å². The van der Waals surface area contributed by atoms with Gasteiger partial charge in [0.2, 0.25) is 11.8 Å². The van der Waals surface area contributed by atoms with Gasteiger partial charge in [-0.15, -0.1) is 0 Å². The lowest BCUT2D eigenvalue weighted by atomic mass is 10.0. The van der Waals surface area contributed by atoms with E-state index in [2.05, 4.69) is 24.4 Å². The quantitative estimate of drug-likeness (QED) is 0.552. The smallest absolute Gasteiger partial charge is 0.244 e. The maximum absolute atomic E-state index is 13.3. The van der Waals surface area contributed by atoms with Crippen molar-refractivity contribution in [2.75, 3.05) is 23.4 Å². The minimum Gasteiger partial charge on any atom is -0.492 e. The van der Waals surface area contributed by atoms with Crippen LogP contribution in [0.25, 0.3) is 0 Å². The number of nitrogens with zero attached hydrogens (tertiary/aromatic N) is 2. The normalized spacial score (nSPS) is 13.1. The summed E-state index contributed by atoms with van der Waals surface area (Å²) >= 11 is 0. The third-order valence-electron chi connectivity index (χ3n) is 5.51. The van der Waals surface area contributed by atoms with Gasteiger partial charge in [-0.25, -0.2) is 0 Å². The Kier molecular flexibility index (Phi) is 6.83. The molecule has 1 heterocycles. The molecule has 168 valence electrons. The number of aryl methyl sites for hydroxylation is 1. The van der Waals surface area contributed by atoms with Gasteiger partial charge in [0.25, 0.3) is 0 Å². The van der Waals surface area contributed by atoms with Gasteiger partial charge in [-0.3, -0.25) is 14.6 Å². The van der Waals surface area contributed by atoms with Gasteiger partial charge in [0.15, 0.2) is 0 Å². The standard InChI is InChI=1S/C27H27N3O3/c1-3-19-13-15-20(16-14-19)23-17-27(32)30(24-11-7-5-9-21(24)28-23)18-26(31)29-22-10-6-8-12-25(22)33-4-2/h5-16H,3-4,17-18H2,1-2H3,(H,29,31). The molecule has 0 unspecified atom stereocenters. The molecular formula is C27H27N3O3. The number of hydrogen-bond acceptors (Lipinski definition) is 4. The van der Waals surface area contributed by atoms with Crippen molar-refractivity contribution in [1.82, 2.24) is 0 Å². The maximum Gasteiger partial charge on any atom is 0.244 e. The number of nitrogens with one attached hydrogen (secondary N) is 1. The summed E-state index contributed by atoms with van der Waals surface area (Å²) in [7, 11) is 0. The molecule has 0 fully saturated rings. The fraction of sp³-hybridized carbons (Fsp3) is 0.222. The van der Waals surface area contributed by atoms with Crippen molar-refractivity contribution >= 4 is 34.6 Å². The van der Waals surface area contributed by atoms with E-state index in [9.17, 15) is 9.59 Å². The second-order valence-corrected chi connectivity index (χ2v) is 7.73. The van der Waals surface area contributed by atoms with Crippen molar-refractivity contribution in [3.8, 4) is 5.75 Å². The summed E-state index contributed by atoms with van der Waals surface area (Å²) in [6.45, 7) is 4.37. The lowest BCUT2D eigenvalue weighted by molar-refractivity contribution is -0.120. The molecule has 0 saturated carbocycles. The SMILES string of the molecule is CCOc1ccccc1NC(=O)CN1C(=O)CC(c2ccc(CC)cc2)=Nc2ccccc21.